The third-order valence-corrected chi connectivity index (χ3v) is 12.2. The number of nitrogens with two attached hydrogens (primary N) is 3. The van der Waals surface area contributed by atoms with Gasteiger partial charge in [0.05, 0.1) is 55.1 Å². The number of carboxylic acids is 1. The first-order chi connectivity index (χ1) is 30.7. The van der Waals surface area contributed by atoms with E-state index in [9.17, 15) is 70.9 Å². The van der Waals surface area contributed by atoms with E-state index in [1.807, 2.05) is 0 Å². The van der Waals surface area contributed by atoms with E-state index in [1.54, 1.807) is 6.92 Å². The van der Waals surface area contributed by atoms with Gasteiger partial charge in [-0.15, -0.1) is 0 Å². The van der Waals surface area contributed by atoms with Gasteiger partial charge in [-0.05, 0) is 27.3 Å². The molecular weight excluding hydrogens is 896 g/mol. The topological polar surface area (TPSA) is 550 Å². The molecule has 5 fully saturated rings. The number of hydrogen-bond acceptors (Lipinski definition) is 25. The van der Waals surface area contributed by atoms with Crippen LogP contribution in [0.25, 0.3) is 0 Å². The Balaban J connectivity index is 0.000000316. The molecule has 3 heterocycles. The van der Waals surface area contributed by atoms with Gasteiger partial charge in [0.2, 0.25) is 5.84 Å². The van der Waals surface area contributed by atoms with Gasteiger partial charge in [0.15, 0.2) is 42.7 Å². The summed E-state index contributed by atoms with van der Waals surface area (Å²) in [5.74, 6) is -3.43. The van der Waals surface area contributed by atoms with Crippen molar-refractivity contribution in [3.63, 3.8) is 0 Å². The molecule has 0 amide bonds. The summed E-state index contributed by atoms with van der Waals surface area (Å²) >= 11 is 0. The zero-order chi connectivity index (χ0) is 49.9. The van der Waals surface area contributed by atoms with E-state index in [-0.39, 0.29) is 12.7 Å². The molecule has 3 saturated heterocycles. The van der Waals surface area contributed by atoms with Gasteiger partial charge in [-0.25, -0.2) is 4.79 Å². The monoisotopic (exact) mass is 960 g/mol. The van der Waals surface area contributed by atoms with Crippen molar-refractivity contribution in [2.24, 2.45) is 17.2 Å². The minimum absolute atomic E-state index is 0.136. The molecule has 0 unspecified atom stereocenters. The van der Waals surface area contributed by atoms with E-state index >= 15 is 0 Å². The van der Waals surface area contributed by atoms with E-state index in [1.165, 1.54) is 14.0 Å². The first-order valence-corrected chi connectivity index (χ1v) is 20.5. The fraction of sp³-hybridized carbons (Fsp3) is 0.857. The van der Waals surface area contributed by atoms with Crippen LogP contribution in [0.3, 0.4) is 0 Å². The average molecular weight is 961 g/mol. The van der Waals surface area contributed by atoms with Crippen molar-refractivity contribution in [1.29, 1.82) is 16.2 Å². The number of aldehydes is 1. The van der Waals surface area contributed by atoms with Gasteiger partial charge in [-0.3, -0.25) is 21.0 Å². The third-order valence-electron chi connectivity index (χ3n) is 12.2. The first-order valence-electron chi connectivity index (χ1n) is 20.5. The first kappa shape index (κ1) is 55.0. The normalized spacial score (nSPS) is 47.1. The Kier molecular flexibility index (Phi) is 18.8. The minimum Gasteiger partial charge on any atom is -0.475 e. The maximum Gasteiger partial charge on any atom is 0.370 e. The number of aliphatic hydroxyl groups excluding tert-OH is 11. The molecule has 2 aliphatic carbocycles. The van der Waals surface area contributed by atoms with Crippen molar-refractivity contribution in [2.45, 2.75) is 173 Å². The molecule has 0 radical (unpaired) electrons. The number of carbonyl (C=O) groups excluding carboxylic acids is 1. The molecule has 31 nitrogen and oxygen atoms in total. The number of aliphatic carboxylic acids is 1. The molecule has 0 bridgehead atoms. The van der Waals surface area contributed by atoms with E-state index in [2.05, 4.69) is 21.3 Å². The number of carbonyl (C=O) groups is 2. The fourth-order valence-electron chi connectivity index (χ4n) is 8.25. The Labute approximate surface area is 375 Å². The number of likely N-dealkylation sites (N-methyl/N-ethyl adjacent to an activating group) is 1. The largest absolute Gasteiger partial charge is 0.475 e. The van der Waals surface area contributed by atoms with Crippen LogP contribution in [0.4, 0.5) is 0 Å². The molecule has 380 valence electrons. The maximum atomic E-state index is 12.1. The second-order valence-electron chi connectivity index (χ2n) is 16.6. The average Bonchev–Trinajstić information content (AvgIpc) is 3.49. The smallest absolute Gasteiger partial charge is 0.370 e. The van der Waals surface area contributed by atoms with Crippen LogP contribution in [0.2, 0.25) is 0 Å². The van der Waals surface area contributed by atoms with E-state index < -0.39 is 183 Å². The van der Waals surface area contributed by atoms with Crippen molar-refractivity contribution < 1.29 is 104 Å². The van der Waals surface area contributed by atoms with Crippen molar-refractivity contribution in [2.75, 3.05) is 13.7 Å². The lowest BCUT2D eigenvalue weighted by Gasteiger charge is -2.47. The molecule has 31 heteroatoms. The molecule has 0 aromatic carbocycles. The number of aliphatic hydroxyl groups is 12. The quantitative estimate of drug-likeness (QED) is 0.0490. The fourth-order valence-corrected chi connectivity index (χ4v) is 8.25. The summed E-state index contributed by atoms with van der Waals surface area (Å²) in [5, 5.41) is 164. The van der Waals surface area contributed by atoms with Gasteiger partial charge in [-0.2, -0.15) is 0 Å². The second-order valence-corrected chi connectivity index (χ2v) is 16.6. The number of guanidine groups is 2. The van der Waals surface area contributed by atoms with Crippen LogP contribution in [0.15, 0.2) is 0 Å². The van der Waals surface area contributed by atoms with Gasteiger partial charge in [0, 0.05) is 0 Å². The molecule has 2 saturated carbocycles. The van der Waals surface area contributed by atoms with E-state index in [0.29, 0.717) is 0 Å². The number of hydrogen-bond donors (Lipinski definition) is 23. The van der Waals surface area contributed by atoms with Crippen LogP contribution in [-0.2, 0) is 38.0 Å². The lowest BCUT2D eigenvalue weighted by Crippen LogP contribution is -2.73. The number of nitrogens with one attached hydrogen (secondary N) is 7. The van der Waals surface area contributed by atoms with Crippen molar-refractivity contribution in [1.82, 2.24) is 21.3 Å². The maximum absolute atomic E-state index is 12.1. The molecule has 66 heavy (non-hydrogen) atoms. The van der Waals surface area contributed by atoms with Crippen LogP contribution in [0, 0.1) is 16.2 Å². The number of ether oxygens (including phenoxy) is 6. The summed E-state index contributed by atoms with van der Waals surface area (Å²) < 4.78 is 33.9. The van der Waals surface area contributed by atoms with Gasteiger partial charge in [0.1, 0.15) is 79.4 Å². The zero-order valence-electron chi connectivity index (χ0n) is 35.7. The highest BCUT2D eigenvalue weighted by molar-refractivity contribution is 6.33. The molecule has 5 aliphatic rings. The Bertz CT molecular complexity index is 1670. The summed E-state index contributed by atoms with van der Waals surface area (Å²) in [5.41, 5.74) is 14.3. The molecular formula is C35H64N10O21. The second kappa shape index (κ2) is 22.6. The highest BCUT2D eigenvalue weighted by atomic mass is 16.8. The van der Waals surface area contributed by atoms with Gasteiger partial charge in [-0.1, -0.05) is 0 Å². The summed E-state index contributed by atoms with van der Waals surface area (Å²) in [4.78, 5) is 22.8. The standard InChI is InChI=1S/C21H39N7O12.C14H25N3O9/c1-5-21(36,4-30)16(40-17-9(26-2)13(34)10(31)6(3-29)38-17)18(37-5)39-15-8(28-20(24)25)11(32)7(27-19(22)23)12(33)14(15)35;1-3-5(17-12(16)13(23)24)2-4(15)14(25-3)26-11-9(21)7(19)6(18)8(20)10(11)22/h4-18,26,29,31-36H,3H2,1-2H3,(H4,22,23,27)(H4,24,25,28);3-11,14,18-22H,2,15H2,1H3,(H2,16,17)(H,23,24)/t5-,6-,7+,8-,9-,10-,11+,12-,13-,14+,15+,16-,17-,18-,21+;3-,4+,5+,6-,7+,8+,9-,10+,11+,14-/m01/s1. The van der Waals surface area contributed by atoms with Crippen LogP contribution in [0.5, 0.6) is 0 Å². The number of rotatable bonds is 12. The Morgan fingerprint density at radius 3 is 1.73 bits per heavy atom. The van der Waals surface area contributed by atoms with Crippen molar-refractivity contribution >= 4 is 30.0 Å². The van der Waals surface area contributed by atoms with E-state index in [4.69, 9.17) is 67.0 Å². The van der Waals surface area contributed by atoms with Crippen molar-refractivity contribution in [3.05, 3.63) is 0 Å². The Morgan fingerprint density at radius 2 is 1.21 bits per heavy atom. The zero-order valence-corrected chi connectivity index (χ0v) is 35.7. The molecule has 5 rings (SSSR count). The molecule has 0 spiro atoms. The van der Waals surface area contributed by atoms with Crippen LogP contribution in [-0.4, -0.2) is 262 Å². The minimum atomic E-state index is -2.39. The summed E-state index contributed by atoms with van der Waals surface area (Å²) in [7, 11) is 1.41. The molecule has 0 aromatic rings. The van der Waals surface area contributed by atoms with Crippen LogP contribution in [0.1, 0.15) is 20.3 Å². The lowest BCUT2D eigenvalue weighted by atomic mass is 9.81. The SMILES string of the molecule is CN[C@@H]1[C@H](O[C@H]2[C@H](O[C@H]3[C@H](O)[C@@H](O)[C@H](NC(=N)N)[C@@H](O)[C@@H]3NC(=N)N)O[C@@H](C)[C@]2(O)C=O)O[C@@H](CO)[C@H](O)[C@H]1O.C[C@H]1O[C@H](O[C@H]2[C@H](O)[C@@H](O)[C@@H](O)[C@H](O)[C@@H]2O)[C@@H](N)C[C@@H]1NC(=N)C(=O)O. The molecule has 0 aromatic heterocycles. The predicted octanol–water partition coefficient (Wildman–Crippen LogP) is -12.1. The van der Waals surface area contributed by atoms with Gasteiger partial charge < -0.3 is 133 Å². The highest BCUT2D eigenvalue weighted by Gasteiger charge is 2.61. The summed E-state index contributed by atoms with van der Waals surface area (Å²) in [6.45, 7) is 2.21. The molecule has 25 atom stereocenters. The van der Waals surface area contributed by atoms with Gasteiger partial charge >= 0.3 is 5.97 Å². The highest BCUT2D eigenvalue weighted by Crippen LogP contribution is 2.38. The number of carboxylic acid groups (broad SMARTS) is 1. The molecule has 3 aliphatic heterocycles. The van der Waals surface area contributed by atoms with Gasteiger partial charge in [0.25, 0.3) is 0 Å². The lowest BCUT2D eigenvalue weighted by molar-refractivity contribution is -0.314. The molecule has 26 N–H and O–H groups in total. The Hall–Kier alpha value is -3.65. The van der Waals surface area contributed by atoms with Crippen LogP contribution >= 0.6 is 0 Å². The predicted molar refractivity (Wildman–Crippen MR) is 216 cm³/mol. The summed E-state index contributed by atoms with van der Waals surface area (Å²) in [6, 6.07) is -5.34. The van der Waals surface area contributed by atoms with Crippen LogP contribution < -0.4 is 38.5 Å². The summed E-state index contributed by atoms with van der Waals surface area (Å²) in [6.07, 6.45) is -28.9. The van der Waals surface area contributed by atoms with E-state index in [0.717, 1.165) is 0 Å². The Morgan fingerprint density at radius 1 is 0.697 bits per heavy atom. The number of amidine groups is 1. The third kappa shape index (κ3) is 11.6. The van der Waals surface area contributed by atoms with Crippen molar-refractivity contribution in [3.8, 4) is 0 Å².